The smallest absolute Gasteiger partial charge is 0.221 e. The number of aromatic nitrogens is 5. The third kappa shape index (κ3) is 2.84. The largest absolute Gasteiger partial charge is 0.276 e. The van der Waals surface area contributed by atoms with E-state index in [-0.39, 0.29) is 0 Å². The topological polar surface area (TPSA) is 48.0 Å². The van der Waals surface area contributed by atoms with Crippen molar-refractivity contribution < 1.29 is 0 Å². The molecule has 0 aliphatic carbocycles. The Kier molecular flexibility index (Phi) is 4.08. The van der Waals surface area contributed by atoms with E-state index < -0.39 is 0 Å². The first-order chi connectivity index (χ1) is 16.9. The van der Waals surface area contributed by atoms with Crippen molar-refractivity contribution >= 4 is 28.0 Å². The van der Waals surface area contributed by atoms with Crippen molar-refractivity contribution in [3.8, 4) is 28.2 Å². The molecule has 0 unspecified atom stereocenters. The molecule has 0 aliphatic rings. The zero-order chi connectivity index (χ0) is 22.5. The maximum atomic E-state index is 4.96. The van der Waals surface area contributed by atoms with E-state index in [1.54, 1.807) is 0 Å². The molecule has 0 saturated heterocycles. The Morgan fingerprint density at radius 2 is 1.29 bits per heavy atom. The van der Waals surface area contributed by atoms with Crippen LogP contribution in [0.25, 0.3) is 56.2 Å². The van der Waals surface area contributed by atoms with E-state index in [2.05, 4.69) is 69.6 Å². The summed E-state index contributed by atoms with van der Waals surface area (Å²) in [6, 6.07) is 37.1. The predicted molar refractivity (Wildman–Crippen MR) is 136 cm³/mol. The van der Waals surface area contributed by atoms with Crippen molar-refractivity contribution in [3.05, 3.63) is 115 Å². The summed E-state index contributed by atoms with van der Waals surface area (Å²) in [7, 11) is 0. The van der Waals surface area contributed by atoms with Crippen molar-refractivity contribution in [1.82, 2.24) is 23.9 Å². The number of benzene rings is 3. The minimum Gasteiger partial charge on any atom is -0.276 e. The zero-order valence-electron chi connectivity index (χ0n) is 18.2. The number of pyridine rings is 2. The summed E-state index contributed by atoms with van der Waals surface area (Å²) >= 11 is 0. The van der Waals surface area contributed by atoms with Crippen molar-refractivity contribution in [2.75, 3.05) is 0 Å². The van der Waals surface area contributed by atoms with Gasteiger partial charge in [-0.25, -0.2) is 15.0 Å². The fraction of sp³-hybridized carbons (Fsp3) is 0. The SMILES string of the molecule is c1ccc(-c2cccc(-c3cccc(-n4c5cccnc5n5c6ccccc6nc45)c3)n2)cc1. The number of rotatable bonds is 3. The summed E-state index contributed by atoms with van der Waals surface area (Å²) in [5, 5.41) is 0. The molecule has 5 heteroatoms. The number of imidazole rings is 2. The van der Waals surface area contributed by atoms with Gasteiger partial charge in [0.1, 0.15) is 0 Å². The minimum absolute atomic E-state index is 0.845. The lowest BCUT2D eigenvalue weighted by molar-refractivity contribution is 1.11. The van der Waals surface area contributed by atoms with Crippen molar-refractivity contribution in [2.45, 2.75) is 0 Å². The maximum absolute atomic E-state index is 4.96. The van der Waals surface area contributed by atoms with Crippen LogP contribution in [0.4, 0.5) is 0 Å². The highest BCUT2D eigenvalue weighted by Gasteiger charge is 2.18. The first-order valence-corrected chi connectivity index (χ1v) is 11.2. The van der Waals surface area contributed by atoms with Crippen molar-refractivity contribution in [2.24, 2.45) is 0 Å². The highest BCUT2D eigenvalue weighted by Crippen LogP contribution is 2.30. The molecule has 0 amide bonds. The molecular formula is C29H19N5. The average molecular weight is 438 g/mol. The molecule has 4 heterocycles. The average Bonchev–Trinajstić information content (AvgIpc) is 3.44. The molecule has 0 N–H and O–H groups in total. The van der Waals surface area contributed by atoms with Crippen LogP contribution in [-0.4, -0.2) is 23.9 Å². The molecule has 160 valence electrons. The standard InChI is InChI=1S/C29H19N5/c1-2-9-20(10-3-1)23-14-7-15-24(31-23)21-11-6-12-22(19-21)33-27-17-8-18-30-28(27)34-26-16-5-4-13-25(26)32-29(33)34/h1-19H. The number of hydrogen-bond donors (Lipinski definition) is 0. The molecule has 0 saturated carbocycles. The molecule has 0 radical (unpaired) electrons. The molecule has 7 rings (SSSR count). The van der Waals surface area contributed by atoms with Gasteiger partial charge in [-0.3, -0.25) is 8.97 Å². The van der Waals surface area contributed by atoms with Crippen LogP contribution in [0.15, 0.2) is 115 Å². The van der Waals surface area contributed by atoms with E-state index >= 15 is 0 Å². The second-order valence-electron chi connectivity index (χ2n) is 8.24. The van der Waals surface area contributed by atoms with Gasteiger partial charge >= 0.3 is 0 Å². The van der Waals surface area contributed by atoms with E-state index in [0.29, 0.717) is 0 Å². The van der Waals surface area contributed by atoms with Gasteiger partial charge in [0, 0.05) is 23.0 Å². The first kappa shape index (κ1) is 18.8. The molecule has 7 aromatic rings. The van der Waals surface area contributed by atoms with Crippen molar-refractivity contribution in [3.63, 3.8) is 0 Å². The molecule has 4 aromatic heterocycles. The van der Waals surface area contributed by atoms with Crippen LogP contribution >= 0.6 is 0 Å². The van der Waals surface area contributed by atoms with Gasteiger partial charge in [0.05, 0.1) is 27.9 Å². The predicted octanol–water partition coefficient (Wildman–Crippen LogP) is 6.56. The van der Waals surface area contributed by atoms with Crippen LogP contribution in [0, 0.1) is 0 Å². The quantitative estimate of drug-likeness (QED) is 0.315. The van der Waals surface area contributed by atoms with Gasteiger partial charge in [0.2, 0.25) is 5.78 Å². The van der Waals surface area contributed by atoms with Gasteiger partial charge in [0.15, 0.2) is 5.65 Å². The van der Waals surface area contributed by atoms with Gasteiger partial charge in [0.25, 0.3) is 0 Å². The second-order valence-corrected chi connectivity index (χ2v) is 8.24. The van der Waals surface area contributed by atoms with E-state index in [9.17, 15) is 0 Å². The summed E-state index contributed by atoms with van der Waals surface area (Å²) < 4.78 is 4.30. The lowest BCUT2D eigenvalue weighted by Crippen LogP contribution is -1.96. The third-order valence-electron chi connectivity index (χ3n) is 6.18. The Balaban J connectivity index is 1.44. The molecule has 0 fully saturated rings. The molecule has 0 bridgehead atoms. The molecular weight excluding hydrogens is 418 g/mol. The minimum atomic E-state index is 0.845. The van der Waals surface area contributed by atoms with Crippen molar-refractivity contribution in [1.29, 1.82) is 0 Å². The molecule has 5 nitrogen and oxygen atoms in total. The number of fused-ring (bicyclic) bond motifs is 5. The highest BCUT2D eigenvalue weighted by molar-refractivity contribution is 5.90. The summed E-state index contributed by atoms with van der Waals surface area (Å²) in [5.74, 6) is 0.845. The number of hydrogen-bond acceptors (Lipinski definition) is 3. The normalized spacial score (nSPS) is 11.5. The van der Waals surface area contributed by atoms with Crippen LogP contribution in [0.5, 0.6) is 0 Å². The Hall–Kier alpha value is -4.77. The van der Waals surface area contributed by atoms with Gasteiger partial charge in [-0.2, -0.15) is 0 Å². The van der Waals surface area contributed by atoms with Gasteiger partial charge < -0.3 is 0 Å². The highest BCUT2D eigenvalue weighted by atomic mass is 15.2. The second kappa shape index (κ2) is 7.39. The summed E-state index contributed by atoms with van der Waals surface area (Å²) in [4.78, 5) is 14.6. The Morgan fingerprint density at radius 1 is 0.559 bits per heavy atom. The molecule has 0 aliphatic heterocycles. The number of nitrogens with zero attached hydrogens (tertiary/aromatic N) is 5. The zero-order valence-corrected chi connectivity index (χ0v) is 18.2. The first-order valence-electron chi connectivity index (χ1n) is 11.2. The maximum Gasteiger partial charge on any atom is 0.221 e. The van der Waals surface area contributed by atoms with Crippen LogP contribution in [0.3, 0.4) is 0 Å². The van der Waals surface area contributed by atoms with Crippen LogP contribution in [0.2, 0.25) is 0 Å². The Bertz CT molecular complexity index is 1810. The van der Waals surface area contributed by atoms with E-state index in [0.717, 1.165) is 56.2 Å². The third-order valence-corrected chi connectivity index (χ3v) is 6.18. The van der Waals surface area contributed by atoms with Crippen LogP contribution < -0.4 is 0 Å². The van der Waals surface area contributed by atoms with Gasteiger partial charge in [-0.1, -0.05) is 60.7 Å². The lowest BCUT2D eigenvalue weighted by Gasteiger charge is -2.09. The Labute approximate surface area is 195 Å². The molecule has 0 spiro atoms. The van der Waals surface area contributed by atoms with Crippen LogP contribution in [-0.2, 0) is 0 Å². The lowest BCUT2D eigenvalue weighted by atomic mass is 10.1. The van der Waals surface area contributed by atoms with Gasteiger partial charge in [-0.15, -0.1) is 0 Å². The fourth-order valence-electron chi connectivity index (χ4n) is 4.64. The summed E-state index contributed by atoms with van der Waals surface area (Å²) in [6.45, 7) is 0. The summed E-state index contributed by atoms with van der Waals surface area (Å²) in [6.07, 6.45) is 1.83. The molecule has 3 aromatic carbocycles. The van der Waals surface area contributed by atoms with Gasteiger partial charge in [-0.05, 0) is 48.5 Å². The van der Waals surface area contributed by atoms with Crippen LogP contribution in [0.1, 0.15) is 0 Å². The van der Waals surface area contributed by atoms with E-state index in [1.807, 2.05) is 54.7 Å². The molecule has 34 heavy (non-hydrogen) atoms. The summed E-state index contributed by atoms with van der Waals surface area (Å²) in [5.41, 5.74) is 8.97. The molecule has 0 atom stereocenters. The van der Waals surface area contributed by atoms with E-state index in [1.165, 1.54) is 0 Å². The fourth-order valence-corrected chi connectivity index (χ4v) is 4.64. The van der Waals surface area contributed by atoms with E-state index in [4.69, 9.17) is 15.0 Å². The monoisotopic (exact) mass is 437 g/mol. The Morgan fingerprint density at radius 3 is 2.21 bits per heavy atom. The number of para-hydroxylation sites is 2.